The predicted molar refractivity (Wildman–Crippen MR) is 22.7 cm³/mol. The fourth-order valence-corrected chi connectivity index (χ4v) is 0.123. The lowest BCUT2D eigenvalue weighted by atomic mass is 10.6. The number of carboxylic acids is 1. The van der Waals surface area contributed by atoms with Crippen LogP contribution in [0, 0.1) is 0 Å². The summed E-state index contributed by atoms with van der Waals surface area (Å²) in [5, 5.41) is 18.2. The third-order valence-corrected chi connectivity index (χ3v) is 0.507. The lowest BCUT2D eigenvalue weighted by molar-refractivity contribution is -0.148. The summed E-state index contributed by atoms with van der Waals surface area (Å²) in [7, 11) is 1.36. The Balaban J connectivity index is 3.34. The maximum absolute atomic E-state index is 9.62. The third kappa shape index (κ3) is 2.13. The summed E-state index contributed by atoms with van der Waals surface area (Å²) in [6.07, 6.45) is -1.43. The maximum Gasteiger partial charge on any atom is 0.347 e. The van der Waals surface area contributed by atoms with E-state index in [9.17, 15) is 4.79 Å². The first-order chi connectivity index (χ1) is 3.18. The number of carbonyl (C=O) groups is 1. The van der Waals surface area contributed by atoms with Gasteiger partial charge in [0.15, 0.2) is 0 Å². The first kappa shape index (κ1) is 6.39. The van der Waals surface area contributed by atoms with Crippen LogP contribution in [0.3, 0.4) is 0 Å². The summed E-state index contributed by atoms with van der Waals surface area (Å²) < 4.78 is 0. The van der Waals surface area contributed by atoms with E-state index in [0.29, 0.717) is 0 Å². The largest absolute Gasteiger partial charge is 0.478 e. The summed E-state index contributed by atoms with van der Waals surface area (Å²) in [4.78, 5) is 9.62. The molecule has 0 spiro atoms. The summed E-state index contributed by atoms with van der Waals surface area (Å²) >= 11 is 0. The van der Waals surface area contributed by atoms with E-state index in [1.165, 1.54) is 7.05 Å². The van der Waals surface area contributed by atoms with Gasteiger partial charge in [0.1, 0.15) is 0 Å². The Morgan fingerprint density at radius 2 is 2.29 bits per heavy atom. The van der Waals surface area contributed by atoms with Gasteiger partial charge in [0.25, 0.3) is 0 Å². The molecule has 0 rings (SSSR count). The highest BCUT2D eigenvalue weighted by atomic mass is 16.4. The minimum Gasteiger partial charge on any atom is -0.478 e. The first-order valence-corrected chi connectivity index (χ1v) is 1.76. The second kappa shape index (κ2) is 2.54. The molecule has 0 bridgehead atoms. The van der Waals surface area contributed by atoms with Gasteiger partial charge in [0.2, 0.25) is 6.23 Å². The second-order valence-corrected chi connectivity index (χ2v) is 1.03. The van der Waals surface area contributed by atoms with Gasteiger partial charge in [-0.05, 0) is 7.05 Å². The van der Waals surface area contributed by atoms with Gasteiger partial charge in [0.05, 0.1) is 0 Å². The molecule has 4 nitrogen and oxygen atoms in total. The molecule has 4 heteroatoms. The minimum absolute atomic E-state index is 1.26. The van der Waals surface area contributed by atoms with Crippen LogP contribution in [0.1, 0.15) is 0 Å². The molecule has 0 aliphatic rings. The molecule has 0 saturated heterocycles. The van der Waals surface area contributed by atoms with Gasteiger partial charge < -0.3 is 10.2 Å². The number of rotatable bonds is 2. The van der Waals surface area contributed by atoms with Gasteiger partial charge in [-0.15, -0.1) is 0 Å². The topological polar surface area (TPSA) is 69.6 Å². The normalized spacial score (nSPS) is 13.4. The van der Waals surface area contributed by atoms with Crippen molar-refractivity contribution in [3.63, 3.8) is 0 Å². The number of aliphatic hydroxyl groups is 1. The zero-order valence-electron chi connectivity index (χ0n) is 3.88. The van der Waals surface area contributed by atoms with Crippen LogP contribution in [0.2, 0.25) is 0 Å². The van der Waals surface area contributed by atoms with Crippen LogP contribution >= 0.6 is 0 Å². The summed E-state index contributed by atoms with van der Waals surface area (Å²) in [6.45, 7) is 0. The molecule has 7 heavy (non-hydrogen) atoms. The summed E-state index contributed by atoms with van der Waals surface area (Å²) in [5.74, 6) is -1.26. The summed E-state index contributed by atoms with van der Waals surface area (Å²) in [6, 6.07) is 0. The molecule has 0 aromatic rings. The van der Waals surface area contributed by atoms with Crippen molar-refractivity contribution in [1.29, 1.82) is 0 Å². The van der Waals surface area contributed by atoms with Gasteiger partial charge in [0, 0.05) is 0 Å². The molecule has 0 aliphatic heterocycles. The Morgan fingerprint density at radius 1 is 1.86 bits per heavy atom. The van der Waals surface area contributed by atoms with Crippen molar-refractivity contribution in [3.05, 3.63) is 0 Å². The van der Waals surface area contributed by atoms with E-state index >= 15 is 0 Å². The zero-order valence-corrected chi connectivity index (χ0v) is 3.88. The highest BCUT2D eigenvalue weighted by Crippen LogP contribution is 1.69. The molecule has 0 fully saturated rings. The minimum atomic E-state index is -1.43. The molecule has 0 saturated carbocycles. The van der Waals surface area contributed by atoms with E-state index in [4.69, 9.17) is 10.2 Å². The average molecular weight is 105 g/mol. The Morgan fingerprint density at radius 3 is 2.29 bits per heavy atom. The van der Waals surface area contributed by atoms with Crippen molar-refractivity contribution in [2.75, 3.05) is 7.05 Å². The molecular weight excluding hydrogens is 98.0 g/mol. The third-order valence-electron chi connectivity index (χ3n) is 0.507. The monoisotopic (exact) mass is 105 g/mol. The number of hydrogen-bond acceptors (Lipinski definition) is 3. The molecule has 0 heterocycles. The quantitative estimate of drug-likeness (QED) is 0.378. The van der Waals surface area contributed by atoms with E-state index in [2.05, 4.69) is 5.32 Å². The van der Waals surface area contributed by atoms with Crippen LogP contribution in [0.15, 0.2) is 0 Å². The Labute approximate surface area is 40.8 Å². The molecule has 0 radical (unpaired) electrons. The van der Waals surface area contributed by atoms with Crippen LogP contribution in [-0.4, -0.2) is 29.5 Å². The molecular formula is C3H7NO3. The SMILES string of the molecule is CNC(O)C(=O)O. The van der Waals surface area contributed by atoms with Gasteiger partial charge in [-0.2, -0.15) is 0 Å². The van der Waals surface area contributed by atoms with Crippen molar-refractivity contribution in [2.24, 2.45) is 0 Å². The molecule has 1 unspecified atom stereocenters. The highest BCUT2D eigenvalue weighted by Gasteiger charge is 2.06. The van der Waals surface area contributed by atoms with E-state index < -0.39 is 12.2 Å². The average Bonchev–Trinajstić information content (AvgIpc) is 1.65. The van der Waals surface area contributed by atoms with Crippen LogP contribution < -0.4 is 5.32 Å². The molecule has 0 aromatic carbocycles. The number of hydrogen-bond donors (Lipinski definition) is 3. The second-order valence-electron chi connectivity index (χ2n) is 1.03. The van der Waals surface area contributed by atoms with Crippen LogP contribution in [0.5, 0.6) is 0 Å². The lowest BCUT2D eigenvalue weighted by Gasteiger charge is -1.98. The number of carboxylic acid groups (broad SMARTS) is 1. The van der Waals surface area contributed by atoms with Gasteiger partial charge in [-0.3, -0.25) is 5.32 Å². The van der Waals surface area contributed by atoms with Gasteiger partial charge >= 0.3 is 5.97 Å². The van der Waals surface area contributed by atoms with Crippen molar-refractivity contribution in [3.8, 4) is 0 Å². The van der Waals surface area contributed by atoms with Crippen LogP contribution in [-0.2, 0) is 4.79 Å². The van der Waals surface area contributed by atoms with Crippen LogP contribution in [0.4, 0.5) is 0 Å². The van der Waals surface area contributed by atoms with Crippen LogP contribution in [0.25, 0.3) is 0 Å². The molecule has 3 N–H and O–H groups in total. The van der Waals surface area contributed by atoms with Crippen molar-refractivity contribution >= 4 is 5.97 Å². The Kier molecular flexibility index (Phi) is 2.32. The molecule has 0 aromatic heterocycles. The van der Waals surface area contributed by atoms with E-state index in [1.54, 1.807) is 0 Å². The van der Waals surface area contributed by atoms with Crippen molar-refractivity contribution < 1.29 is 15.0 Å². The maximum atomic E-state index is 9.62. The zero-order chi connectivity index (χ0) is 5.86. The standard InChI is InChI=1S/C3H7NO3/c1-4-2(5)3(6)7/h2,4-5H,1H3,(H,6,7). The van der Waals surface area contributed by atoms with E-state index in [0.717, 1.165) is 0 Å². The number of likely N-dealkylation sites (N-methyl/N-ethyl adjacent to an activating group) is 1. The van der Waals surface area contributed by atoms with E-state index in [1.807, 2.05) is 0 Å². The Hall–Kier alpha value is -0.610. The number of aliphatic hydroxyl groups excluding tert-OH is 1. The number of aliphatic carboxylic acids is 1. The van der Waals surface area contributed by atoms with Crippen molar-refractivity contribution in [1.82, 2.24) is 5.32 Å². The molecule has 0 amide bonds. The highest BCUT2D eigenvalue weighted by molar-refractivity contribution is 5.71. The lowest BCUT2D eigenvalue weighted by Crippen LogP contribution is -2.32. The van der Waals surface area contributed by atoms with Gasteiger partial charge in [-0.25, -0.2) is 4.79 Å². The van der Waals surface area contributed by atoms with Crippen molar-refractivity contribution in [2.45, 2.75) is 6.23 Å². The fraction of sp³-hybridized carbons (Fsp3) is 0.667. The Bertz CT molecular complexity index is 72.6. The fourth-order valence-electron chi connectivity index (χ4n) is 0.123. The molecule has 42 valence electrons. The number of nitrogens with one attached hydrogen (secondary N) is 1. The molecule has 1 atom stereocenters. The predicted octanol–water partition coefficient (Wildman–Crippen LogP) is -1.39. The van der Waals surface area contributed by atoms with Gasteiger partial charge in [-0.1, -0.05) is 0 Å². The first-order valence-electron chi connectivity index (χ1n) is 1.76. The molecule has 0 aliphatic carbocycles. The smallest absolute Gasteiger partial charge is 0.347 e. The van der Waals surface area contributed by atoms with E-state index in [-0.39, 0.29) is 0 Å². The summed E-state index contributed by atoms with van der Waals surface area (Å²) in [5.41, 5.74) is 0.